The summed E-state index contributed by atoms with van der Waals surface area (Å²) in [7, 11) is 0. The number of carbonyl (C=O) groups is 2. The van der Waals surface area contributed by atoms with E-state index in [-0.39, 0.29) is 70.3 Å². The van der Waals surface area contributed by atoms with Gasteiger partial charge in [0, 0.05) is 37.0 Å². The van der Waals surface area contributed by atoms with Crippen LogP contribution in [0.3, 0.4) is 0 Å². The van der Waals surface area contributed by atoms with E-state index in [4.69, 9.17) is 52.7 Å². The van der Waals surface area contributed by atoms with Crippen LogP contribution < -0.4 is 16.2 Å². The summed E-state index contributed by atoms with van der Waals surface area (Å²) >= 11 is 0. The SMILES string of the molecule is C#C[C@]1(COC(=O)OCC23CC4CC(CC(C4)C2)C3)O[C@@H](n2cnc3c(N)nc(F)nc32)C[C@@H]1O.C#C[C@]1(COC(=O)Oc2ccc([N+](=O)[O-])cc2)O[C@@H](n2cnc3c(N)nc(F)nc32)C[C@@H]1O.OCC12CC3CC(CC(C3)C1)C2. The molecule has 4 aromatic heterocycles. The van der Waals surface area contributed by atoms with Crippen LogP contribution in [0.2, 0.25) is 0 Å². The molecular weight excluding hydrogens is 1050 g/mol. The van der Waals surface area contributed by atoms with E-state index in [1.807, 2.05) is 0 Å². The van der Waals surface area contributed by atoms with Crippen molar-refractivity contribution >= 4 is 52.0 Å². The highest BCUT2D eigenvalue weighted by Gasteiger charge is 2.54. The van der Waals surface area contributed by atoms with Gasteiger partial charge in [-0.25, -0.2) is 19.6 Å². The number of hydrogen-bond acceptors (Lipinski definition) is 21. The van der Waals surface area contributed by atoms with Gasteiger partial charge in [0.05, 0.1) is 17.6 Å². The number of fused-ring (bicyclic) bond motifs is 2. The van der Waals surface area contributed by atoms with Crippen molar-refractivity contribution in [2.75, 3.05) is 37.9 Å². The summed E-state index contributed by atoms with van der Waals surface area (Å²) in [6.07, 6.45) is 21.4. The lowest BCUT2D eigenvalue weighted by Gasteiger charge is -2.56. The number of nitro benzene ring substituents is 1. The van der Waals surface area contributed by atoms with Crippen LogP contribution in [-0.4, -0.2) is 121 Å². The Bertz CT molecular complexity index is 3200. The van der Waals surface area contributed by atoms with Gasteiger partial charge in [-0.15, -0.1) is 12.8 Å². The highest BCUT2D eigenvalue weighted by molar-refractivity contribution is 5.82. The fourth-order valence-corrected chi connectivity index (χ4v) is 15.0. The number of carbonyl (C=O) groups excluding carboxylic acids is 2. The monoisotopic (exact) mass is 1110 g/mol. The second kappa shape index (κ2) is 21.3. The van der Waals surface area contributed by atoms with Crippen molar-refractivity contribution in [2.45, 2.75) is 126 Å². The van der Waals surface area contributed by atoms with Crippen molar-refractivity contribution in [1.82, 2.24) is 39.0 Å². The van der Waals surface area contributed by atoms with E-state index >= 15 is 0 Å². The first kappa shape index (κ1) is 54.6. The van der Waals surface area contributed by atoms with Crippen LogP contribution in [0.15, 0.2) is 36.9 Å². The van der Waals surface area contributed by atoms with E-state index in [2.05, 4.69) is 41.7 Å². The number of halogens is 2. The maximum Gasteiger partial charge on any atom is 0.513 e. The smallest absolute Gasteiger partial charge is 0.434 e. The molecule has 26 heteroatoms. The molecule has 0 spiro atoms. The Balaban J connectivity index is 0.000000140. The highest BCUT2D eigenvalue weighted by Crippen LogP contribution is 2.61. The molecule has 8 saturated carbocycles. The lowest BCUT2D eigenvalue weighted by atomic mass is 9.50. The molecule has 80 heavy (non-hydrogen) atoms. The molecule has 0 unspecified atom stereocenters. The molecule has 6 heterocycles. The number of aliphatic hydroxyl groups is 3. The zero-order chi connectivity index (χ0) is 56.3. The summed E-state index contributed by atoms with van der Waals surface area (Å²) in [6, 6.07) is 4.72. The number of benzene rings is 1. The van der Waals surface area contributed by atoms with E-state index in [0.29, 0.717) is 18.6 Å². The number of nitrogens with zero attached hydrogens (tertiary/aromatic N) is 9. The van der Waals surface area contributed by atoms with Crippen LogP contribution in [0, 0.1) is 93.3 Å². The molecule has 24 nitrogen and oxygen atoms in total. The molecule has 0 amide bonds. The number of ether oxygens (including phenoxy) is 6. The van der Waals surface area contributed by atoms with Crippen LogP contribution >= 0.6 is 0 Å². The molecule has 5 aromatic rings. The van der Waals surface area contributed by atoms with E-state index in [9.17, 15) is 43.8 Å². The molecule has 15 rings (SSSR count). The Kier molecular flexibility index (Phi) is 14.5. The topological polar surface area (TPSA) is 333 Å². The number of nitrogens with two attached hydrogens (primary N) is 2. The zero-order valence-corrected chi connectivity index (χ0v) is 43.5. The summed E-state index contributed by atoms with van der Waals surface area (Å²) in [5.74, 6) is 9.63. The van der Waals surface area contributed by atoms with Crippen molar-refractivity contribution in [2.24, 2.45) is 46.3 Å². The van der Waals surface area contributed by atoms with Crippen LogP contribution in [0.5, 0.6) is 5.75 Å². The quantitative estimate of drug-likeness (QED) is 0.0249. The molecular formula is C54H61F2N11O13. The third-order valence-corrected chi connectivity index (χ3v) is 17.8. The Morgan fingerprint density at radius 1 is 0.662 bits per heavy atom. The van der Waals surface area contributed by atoms with E-state index < -0.39 is 71.9 Å². The summed E-state index contributed by atoms with van der Waals surface area (Å²) < 4.78 is 62.6. The standard InChI is InChI=1S/C24H28FN5O5.C19H15FN6O7.C11H18O/c1-2-24(11-34-22(32)33-10-23-7-13-3-14(8-23)5-15(4-13)9-23)16(31)6-17(35-24)30-12-27-18-19(26)28-21(25)29-20(18)30;1-2-19(8-31-18(28)32-11-5-3-10(4-6-11)26(29)30)12(27)7-13(33-19)25-9-22-14-15(21)23-17(20)24-16(14)25;12-7-11-4-8-1-9(5-11)3-10(2-8)6-11/h1,12-17,31H,3-11H2,(H2,26,28,29);1,3-6,9,12-13,27H,7-8H2,(H2,21,23,24);8-10,12H,1-7H2/t13?,14?,15?,16-,17+,23?,24+;12-,13+,19+;/m00./s1. The van der Waals surface area contributed by atoms with Crippen molar-refractivity contribution in [1.29, 1.82) is 0 Å². The number of terminal acetylenes is 2. The minimum atomic E-state index is -1.74. The maximum absolute atomic E-state index is 13.7. The highest BCUT2D eigenvalue weighted by atomic mass is 19.1. The van der Waals surface area contributed by atoms with Gasteiger partial charge in [0.25, 0.3) is 5.69 Å². The number of aromatic nitrogens is 8. The molecule has 2 saturated heterocycles. The van der Waals surface area contributed by atoms with Crippen LogP contribution in [-0.2, 0) is 23.7 Å². The van der Waals surface area contributed by atoms with Crippen LogP contribution in [0.4, 0.5) is 35.7 Å². The molecule has 8 bridgehead atoms. The van der Waals surface area contributed by atoms with E-state index in [0.717, 1.165) is 66.9 Å². The van der Waals surface area contributed by atoms with Gasteiger partial charge in [0.1, 0.15) is 50.2 Å². The fourth-order valence-electron chi connectivity index (χ4n) is 15.0. The van der Waals surface area contributed by atoms with Crippen molar-refractivity contribution in [3.8, 4) is 30.4 Å². The Hall–Kier alpha value is -7.36. The normalized spacial score (nSPS) is 33.9. The first-order chi connectivity index (χ1) is 38.3. The lowest BCUT2D eigenvalue weighted by Crippen LogP contribution is -2.48. The molecule has 1 aromatic carbocycles. The number of non-ortho nitro benzene ring substituents is 1. The Morgan fingerprint density at radius 3 is 1.46 bits per heavy atom. The van der Waals surface area contributed by atoms with Crippen LogP contribution in [0.25, 0.3) is 22.3 Å². The zero-order valence-electron chi connectivity index (χ0n) is 43.5. The molecule has 10 fully saturated rings. The van der Waals surface area contributed by atoms with Gasteiger partial charge in [0.15, 0.2) is 45.2 Å². The average molecular weight is 1110 g/mol. The molecule has 424 valence electrons. The molecule has 0 radical (unpaired) electrons. The van der Waals surface area contributed by atoms with Crippen molar-refractivity contribution < 1.29 is 67.0 Å². The third-order valence-electron chi connectivity index (χ3n) is 17.8. The number of nitro groups is 1. The summed E-state index contributed by atoms with van der Waals surface area (Å²) in [6.45, 7) is -0.154. The lowest BCUT2D eigenvalue weighted by molar-refractivity contribution is -0.384. The number of nitrogen functional groups attached to an aromatic ring is 2. The number of anilines is 2. The molecule has 10 aliphatic rings. The van der Waals surface area contributed by atoms with E-state index in [1.54, 1.807) is 0 Å². The largest absolute Gasteiger partial charge is 0.513 e. The number of imidazole rings is 2. The number of aliphatic hydroxyl groups excluding tert-OH is 3. The Morgan fingerprint density at radius 2 is 1.06 bits per heavy atom. The molecule has 8 aliphatic carbocycles. The van der Waals surface area contributed by atoms with Gasteiger partial charge in [-0.1, -0.05) is 11.8 Å². The summed E-state index contributed by atoms with van der Waals surface area (Å²) in [4.78, 5) is 57.0. The third kappa shape index (κ3) is 10.6. The minimum absolute atomic E-state index is 0.00434. The Labute approximate surface area is 456 Å². The van der Waals surface area contributed by atoms with Gasteiger partial charge in [-0.2, -0.15) is 28.7 Å². The number of rotatable bonds is 11. The molecule has 7 N–H and O–H groups in total. The van der Waals surface area contributed by atoms with Gasteiger partial charge < -0.3 is 55.2 Å². The number of hydrogen-bond donors (Lipinski definition) is 5. The summed E-state index contributed by atoms with van der Waals surface area (Å²) in [5, 5.41) is 41.4. The van der Waals surface area contributed by atoms with Gasteiger partial charge >= 0.3 is 24.5 Å². The summed E-state index contributed by atoms with van der Waals surface area (Å²) in [5.41, 5.74) is 8.77. The van der Waals surface area contributed by atoms with Gasteiger partial charge in [-0.3, -0.25) is 19.2 Å². The maximum atomic E-state index is 13.7. The predicted octanol–water partition coefficient (Wildman–Crippen LogP) is 6.09. The van der Waals surface area contributed by atoms with Crippen LogP contribution in [0.1, 0.15) is 102 Å². The van der Waals surface area contributed by atoms with Crippen molar-refractivity contribution in [3.63, 3.8) is 0 Å². The van der Waals surface area contributed by atoms with Gasteiger partial charge in [-0.05, 0) is 130 Å². The second-order valence-corrected chi connectivity index (χ2v) is 23.3. The predicted molar refractivity (Wildman–Crippen MR) is 275 cm³/mol. The molecule has 2 aliphatic heterocycles. The van der Waals surface area contributed by atoms with Gasteiger partial charge in [0.2, 0.25) is 0 Å². The van der Waals surface area contributed by atoms with E-state index in [1.165, 1.54) is 91.7 Å². The molecule has 6 atom stereocenters. The first-order valence-corrected chi connectivity index (χ1v) is 26.8. The fraction of sp³-hybridized carbons (Fsp3) is 0.593. The minimum Gasteiger partial charge on any atom is -0.434 e. The first-order valence-electron chi connectivity index (χ1n) is 26.8. The second-order valence-electron chi connectivity index (χ2n) is 23.3. The van der Waals surface area contributed by atoms with Crippen molar-refractivity contribution in [3.05, 3.63) is 59.2 Å². The average Bonchev–Trinajstić information content (AvgIpc) is 3.96.